The lowest BCUT2D eigenvalue weighted by molar-refractivity contribution is -0.350. The van der Waals surface area contributed by atoms with Gasteiger partial charge in [0.15, 0.2) is 6.29 Å². The van der Waals surface area contributed by atoms with E-state index in [0.717, 1.165) is 0 Å². The molecular weight excluding hydrogens is 332 g/mol. The van der Waals surface area contributed by atoms with Crippen LogP contribution in [0.5, 0.6) is 0 Å². The van der Waals surface area contributed by atoms with E-state index in [4.69, 9.17) is 24.4 Å². The van der Waals surface area contributed by atoms with E-state index in [1.807, 2.05) is 0 Å². The molecule has 0 radical (unpaired) electrons. The van der Waals surface area contributed by atoms with E-state index in [-0.39, 0.29) is 13.0 Å². The molecule has 0 bridgehead atoms. The number of rotatable bonds is 5. The fourth-order valence-electron chi connectivity index (χ4n) is 2.75. The third kappa shape index (κ3) is 3.86. The quantitative estimate of drug-likeness (QED) is 0.235. The van der Waals surface area contributed by atoms with Crippen LogP contribution in [0.3, 0.4) is 0 Å². The average molecular weight is 356 g/mol. The smallest absolute Gasteiger partial charge is 0.218 e. The molecule has 8 N–H and O–H groups in total. The first kappa shape index (κ1) is 19.9. The molecule has 11 nitrogen and oxygen atoms in total. The zero-order valence-electron chi connectivity index (χ0n) is 12.7. The Labute approximate surface area is 137 Å². The highest BCUT2D eigenvalue weighted by Crippen LogP contribution is 2.29. The molecule has 11 heteroatoms. The number of ether oxygens (including phenoxy) is 3. The normalized spacial score (nSPS) is 50.0. The molecule has 2 rings (SSSR count). The second-order valence-corrected chi connectivity index (χ2v) is 6.02. The van der Waals surface area contributed by atoms with Crippen LogP contribution in [0.4, 0.5) is 0 Å². The van der Waals surface area contributed by atoms with Gasteiger partial charge in [0, 0.05) is 6.42 Å². The molecule has 2 aliphatic heterocycles. The van der Waals surface area contributed by atoms with Crippen LogP contribution in [0.15, 0.2) is 0 Å². The summed E-state index contributed by atoms with van der Waals surface area (Å²) in [7, 11) is 0. The Hall–Kier alpha value is -0.440. The largest absolute Gasteiger partial charge is 0.394 e. The fraction of sp³-hybridized carbons (Fsp3) is 1.00. The molecule has 2 saturated heterocycles. The van der Waals surface area contributed by atoms with Gasteiger partial charge in [-0.1, -0.05) is 0 Å². The van der Waals surface area contributed by atoms with Crippen LogP contribution in [0.2, 0.25) is 0 Å². The van der Waals surface area contributed by atoms with Crippen LogP contribution in [0.1, 0.15) is 6.42 Å². The van der Waals surface area contributed by atoms with E-state index in [1.165, 1.54) is 0 Å². The summed E-state index contributed by atoms with van der Waals surface area (Å²) in [4.78, 5) is 0. The minimum Gasteiger partial charge on any atom is -0.394 e. The van der Waals surface area contributed by atoms with Crippen molar-refractivity contribution in [3.05, 3.63) is 0 Å². The Morgan fingerprint density at radius 2 is 1.67 bits per heavy atom. The fourth-order valence-corrected chi connectivity index (χ4v) is 2.75. The lowest BCUT2D eigenvalue weighted by atomic mass is 9.95. The standard InChI is InChI=1S/C13H24O11/c14-2-7-8(17)9(18)10(19)12(23-7)22-3-5-1-6(16)11(20)13(21,4-15)24-5/h5-12,14-21H,1-4H2/t5-,6+,7-,8+,9+,10-,11-,12+,13?/m1/s1. The molecule has 0 aromatic heterocycles. The SMILES string of the molecule is OC[C@H]1O[C@H](OC[C@H]2C[C@H](O)[C@@H](O)C(O)(CO)O2)[C@H](O)[C@@H](O)[C@H]1O. The molecule has 0 aromatic carbocycles. The van der Waals surface area contributed by atoms with Gasteiger partial charge in [-0.3, -0.25) is 0 Å². The van der Waals surface area contributed by atoms with Crippen LogP contribution in [-0.4, -0.2) is 115 Å². The van der Waals surface area contributed by atoms with Crippen LogP contribution in [0.25, 0.3) is 0 Å². The highest BCUT2D eigenvalue weighted by Gasteiger charge is 2.49. The Morgan fingerprint density at radius 3 is 2.25 bits per heavy atom. The first-order valence-electron chi connectivity index (χ1n) is 7.52. The number of hydrogen-bond donors (Lipinski definition) is 8. The summed E-state index contributed by atoms with van der Waals surface area (Å²) < 4.78 is 15.5. The van der Waals surface area contributed by atoms with Crippen LogP contribution < -0.4 is 0 Å². The van der Waals surface area contributed by atoms with E-state index in [9.17, 15) is 30.6 Å². The molecule has 142 valence electrons. The molecule has 1 unspecified atom stereocenters. The molecule has 9 atom stereocenters. The van der Waals surface area contributed by atoms with Crippen molar-refractivity contribution < 1.29 is 55.1 Å². The first-order chi connectivity index (χ1) is 11.2. The van der Waals surface area contributed by atoms with Crippen molar-refractivity contribution in [2.24, 2.45) is 0 Å². The number of aliphatic hydroxyl groups excluding tert-OH is 7. The van der Waals surface area contributed by atoms with Gasteiger partial charge in [0.25, 0.3) is 0 Å². The maximum atomic E-state index is 9.91. The molecule has 0 spiro atoms. The van der Waals surface area contributed by atoms with Crippen LogP contribution in [0, 0.1) is 0 Å². The topological polar surface area (TPSA) is 190 Å². The predicted octanol–water partition coefficient (Wildman–Crippen LogP) is -5.01. The highest BCUT2D eigenvalue weighted by atomic mass is 16.7. The Kier molecular flexibility index (Phi) is 6.50. The van der Waals surface area contributed by atoms with Gasteiger partial charge in [-0.15, -0.1) is 0 Å². The van der Waals surface area contributed by atoms with Gasteiger partial charge in [-0.05, 0) is 0 Å². The summed E-state index contributed by atoms with van der Waals surface area (Å²) in [5.41, 5.74) is 0. The minimum absolute atomic E-state index is 0.124. The van der Waals surface area contributed by atoms with Crippen LogP contribution in [-0.2, 0) is 14.2 Å². The summed E-state index contributed by atoms with van der Waals surface area (Å²) in [5, 5.41) is 76.6. The zero-order chi connectivity index (χ0) is 18.1. The van der Waals surface area contributed by atoms with Gasteiger partial charge in [-0.25, -0.2) is 0 Å². The minimum atomic E-state index is -2.36. The van der Waals surface area contributed by atoms with E-state index >= 15 is 0 Å². The summed E-state index contributed by atoms with van der Waals surface area (Å²) in [6.45, 7) is -1.89. The zero-order valence-corrected chi connectivity index (χ0v) is 12.7. The Morgan fingerprint density at radius 1 is 1.00 bits per heavy atom. The van der Waals surface area contributed by atoms with E-state index in [0.29, 0.717) is 0 Å². The lowest BCUT2D eigenvalue weighted by Gasteiger charge is -2.43. The van der Waals surface area contributed by atoms with Gasteiger partial charge in [0.1, 0.15) is 30.5 Å². The van der Waals surface area contributed by atoms with Gasteiger partial charge in [-0.2, -0.15) is 0 Å². The second-order valence-electron chi connectivity index (χ2n) is 6.02. The molecule has 2 fully saturated rings. The summed E-state index contributed by atoms with van der Waals surface area (Å²) in [5.74, 6) is -2.36. The van der Waals surface area contributed by atoms with E-state index in [1.54, 1.807) is 0 Å². The molecule has 2 aliphatic rings. The highest BCUT2D eigenvalue weighted by molar-refractivity contribution is 4.91. The third-order valence-corrected chi connectivity index (χ3v) is 4.22. The summed E-state index contributed by atoms with van der Waals surface area (Å²) >= 11 is 0. The Bertz CT molecular complexity index is 407. The van der Waals surface area contributed by atoms with E-state index in [2.05, 4.69) is 0 Å². The molecule has 2 heterocycles. The number of hydrogen-bond acceptors (Lipinski definition) is 11. The molecule has 0 aliphatic carbocycles. The van der Waals surface area contributed by atoms with Gasteiger partial charge < -0.3 is 55.1 Å². The van der Waals surface area contributed by atoms with Gasteiger partial charge >= 0.3 is 0 Å². The van der Waals surface area contributed by atoms with Crippen molar-refractivity contribution in [3.8, 4) is 0 Å². The third-order valence-electron chi connectivity index (χ3n) is 4.22. The number of aliphatic hydroxyl groups is 8. The van der Waals surface area contributed by atoms with Crippen molar-refractivity contribution >= 4 is 0 Å². The average Bonchev–Trinajstić information content (AvgIpc) is 2.57. The van der Waals surface area contributed by atoms with Crippen molar-refractivity contribution in [1.29, 1.82) is 0 Å². The van der Waals surface area contributed by atoms with Crippen molar-refractivity contribution in [2.45, 2.75) is 61.2 Å². The monoisotopic (exact) mass is 356 g/mol. The predicted molar refractivity (Wildman–Crippen MR) is 73.3 cm³/mol. The van der Waals surface area contributed by atoms with Crippen molar-refractivity contribution in [1.82, 2.24) is 0 Å². The second kappa shape index (κ2) is 7.85. The summed E-state index contributed by atoms with van der Waals surface area (Å²) in [6, 6.07) is 0. The molecule has 0 amide bonds. The molecular formula is C13H24O11. The van der Waals surface area contributed by atoms with Gasteiger partial charge in [0.05, 0.1) is 32.0 Å². The van der Waals surface area contributed by atoms with Crippen molar-refractivity contribution in [3.63, 3.8) is 0 Å². The first-order valence-corrected chi connectivity index (χ1v) is 7.52. The summed E-state index contributed by atoms with van der Waals surface area (Å²) in [6.07, 6.45) is -11.4. The maximum absolute atomic E-state index is 9.91. The molecule has 0 aromatic rings. The Balaban J connectivity index is 1.95. The van der Waals surface area contributed by atoms with Crippen LogP contribution >= 0.6 is 0 Å². The maximum Gasteiger partial charge on any atom is 0.218 e. The van der Waals surface area contributed by atoms with E-state index < -0.39 is 68.0 Å². The molecule has 24 heavy (non-hydrogen) atoms. The van der Waals surface area contributed by atoms with Gasteiger partial charge in [0.2, 0.25) is 5.79 Å². The molecule has 0 saturated carbocycles. The van der Waals surface area contributed by atoms with Crippen molar-refractivity contribution in [2.75, 3.05) is 19.8 Å². The lowest BCUT2D eigenvalue weighted by Crippen LogP contribution is -2.62.